The molecule has 0 spiro atoms. The highest BCUT2D eigenvalue weighted by molar-refractivity contribution is 5.26. The van der Waals surface area contributed by atoms with Crippen molar-refractivity contribution >= 4 is 0 Å². The molecule has 0 aliphatic heterocycles. The van der Waals surface area contributed by atoms with Gasteiger partial charge in [-0.25, -0.2) is 0 Å². The normalized spacial score (nSPS) is 13.6. The topological polar surface area (TPSA) is 52.0 Å². The molecule has 2 atom stereocenters. The van der Waals surface area contributed by atoms with Crippen molar-refractivity contribution in [2.45, 2.75) is 53.0 Å². The first-order valence-electron chi connectivity index (χ1n) is 11.3. The molecule has 5 heteroatoms. The van der Waals surface area contributed by atoms with Crippen LogP contribution in [0.1, 0.15) is 42.8 Å². The van der Waals surface area contributed by atoms with Crippen LogP contribution in [0.4, 0.5) is 0 Å². The molecule has 2 aromatic heterocycles. The lowest BCUT2D eigenvalue weighted by Gasteiger charge is -2.24. The number of quaternary nitrogens is 1. The van der Waals surface area contributed by atoms with Gasteiger partial charge in [-0.3, -0.25) is 0 Å². The summed E-state index contributed by atoms with van der Waals surface area (Å²) < 4.78 is 13.3. The number of nitrogens with zero attached hydrogens (tertiary/aromatic N) is 1. The smallest absolute Gasteiger partial charge is 0.129 e. The number of rotatable bonds is 13. The molecule has 1 aromatic carbocycles. The second-order valence-corrected chi connectivity index (χ2v) is 8.87. The zero-order chi connectivity index (χ0) is 22.1. The Morgan fingerprint density at radius 1 is 1.10 bits per heavy atom. The number of aliphatic hydroxyl groups is 1. The van der Waals surface area contributed by atoms with Crippen LogP contribution in [0.25, 0.3) is 0 Å². The summed E-state index contributed by atoms with van der Waals surface area (Å²) in [4.78, 5) is 1.38. The molecule has 3 rings (SSSR count). The van der Waals surface area contributed by atoms with Crippen molar-refractivity contribution in [3.63, 3.8) is 0 Å². The summed E-state index contributed by atoms with van der Waals surface area (Å²) in [5.74, 6) is 1.42. The molecular weight excluding hydrogens is 388 g/mol. The number of aryl methyl sites for hydroxylation is 1. The van der Waals surface area contributed by atoms with Crippen molar-refractivity contribution in [2.24, 2.45) is 5.92 Å². The zero-order valence-electron chi connectivity index (χ0n) is 19.1. The van der Waals surface area contributed by atoms with Gasteiger partial charge in [0, 0.05) is 12.7 Å². The fourth-order valence-corrected chi connectivity index (χ4v) is 3.83. The maximum absolute atomic E-state index is 10.6. The summed E-state index contributed by atoms with van der Waals surface area (Å²) in [6.07, 6.45) is 4.43. The van der Waals surface area contributed by atoms with Crippen LogP contribution in [0.5, 0.6) is 0 Å². The van der Waals surface area contributed by atoms with E-state index in [2.05, 4.69) is 67.9 Å². The van der Waals surface area contributed by atoms with Crippen LogP contribution in [0.2, 0.25) is 0 Å². The van der Waals surface area contributed by atoms with Crippen LogP contribution in [0, 0.1) is 12.8 Å². The van der Waals surface area contributed by atoms with Crippen molar-refractivity contribution in [1.82, 2.24) is 4.57 Å². The van der Waals surface area contributed by atoms with E-state index in [-0.39, 0.29) is 0 Å². The largest absolute Gasteiger partial charge is 0.467 e. The van der Waals surface area contributed by atoms with Crippen molar-refractivity contribution in [3.8, 4) is 0 Å². The van der Waals surface area contributed by atoms with E-state index in [0.717, 1.165) is 31.8 Å². The number of furan rings is 1. The Morgan fingerprint density at radius 3 is 2.68 bits per heavy atom. The fourth-order valence-electron chi connectivity index (χ4n) is 3.83. The standard InChI is InChI=1S/C26H36N2O3/c1-21(2)12-14-27(18-25(29)19-30-20-26-11-7-15-31-26)17-24-10-6-13-28(24)16-23-9-5-4-8-22(23)3/h4-11,13,15,21,25,29H,12,14,16-20H2,1-3H3/p+1/t25-/m1/s1. The van der Waals surface area contributed by atoms with E-state index in [4.69, 9.17) is 9.15 Å². The number of benzene rings is 1. The highest BCUT2D eigenvalue weighted by Crippen LogP contribution is 2.12. The van der Waals surface area contributed by atoms with Crippen molar-refractivity contribution < 1.29 is 19.2 Å². The SMILES string of the molecule is Cc1ccccc1Cn1cccc1C[NH+](CCC(C)C)C[C@@H](O)COCc1ccco1. The molecule has 0 amide bonds. The van der Waals surface area contributed by atoms with E-state index in [1.807, 2.05) is 12.1 Å². The van der Waals surface area contributed by atoms with E-state index in [9.17, 15) is 5.11 Å². The molecule has 2 N–H and O–H groups in total. The number of aliphatic hydroxyl groups excluding tert-OH is 1. The van der Waals surface area contributed by atoms with Gasteiger partial charge in [0.05, 0.1) is 25.1 Å². The number of aromatic nitrogens is 1. The Morgan fingerprint density at radius 2 is 1.94 bits per heavy atom. The summed E-state index contributed by atoms with van der Waals surface area (Å²) in [6.45, 7) is 10.8. The monoisotopic (exact) mass is 425 g/mol. The number of hydrogen-bond donors (Lipinski definition) is 2. The predicted octanol–water partition coefficient (Wildman–Crippen LogP) is 3.45. The molecule has 2 heterocycles. The lowest BCUT2D eigenvalue weighted by molar-refractivity contribution is -0.918. The molecule has 0 aliphatic carbocycles. The quantitative estimate of drug-likeness (QED) is 0.441. The van der Waals surface area contributed by atoms with Gasteiger partial charge in [0.1, 0.15) is 31.6 Å². The third-order valence-corrected chi connectivity index (χ3v) is 5.69. The molecule has 0 saturated heterocycles. The summed E-state index contributed by atoms with van der Waals surface area (Å²) in [5.41, 5.74) is 3.95. The molecule has 0 aliphatic rings. The summed E-state index contributed by atoms with van der Waals surface area (Å²) in [6, 6.07) is 16.6. The van der Waals surface area contributed by atoms with Gasteiger partial charge in [0.15, 0.2) is 0 Å². The maximum atomic E-state index is 10.6. The summed E-state index contributed by atoms with van der Waals surface area (Å²) in [7, 11) is 0. The van der Waals surface area contributed by atoms with Crippen LogP contribution in [-0.2, 0) is 24.4 Å². The van der Waals surface area contributed by atoms with Crippen molar-refractivity contribution in [3.05, 3.63) is 83.6 Å². The van der Waals surface area contributed by atoms with Crippen LogP contribution < -0.4 is 4.90 Å². The second kappa shape index (κ2) is 11.9. The van der Waals surface area contributed by atoms with E-state index in [0.29, 0.717) is 25.7 Å². The van der Waals surface area contributed by atoms with E-state index in [1.165, 1.54) is 21.7 Å². The van der Waals surface area contributed by atoms with Gasteiger partial charge in [-0.2, -0.15) is 0 Å². The molecule has 0 fully saturated rings. The Hall–Kier alpha value is -2.34. The Balaban J connectivity index is 1.58. The first-order valence-corrected chi connectivity index (χ1v) is 11.3. The molecule has 0 radical (unpaired) electrons. The Bertz CT molecular complexity index is 886. The van der Waals surface area contributed by atoms with E-state index in [1.54, 1.807) is 6.26 Å². The van der Waals surface area contributed by atoms with E-state index < -0.39 is 6.10 Å². The van der Waals surface area contributed by atoms with Gasteiger partial charge in [-0.05, 0) is 54.7 Å². The van der Waals surface area contributed by atoms with Crippen LogP contribution in [-0.4, -0.2) is 35.5 Å². The number of ether oxygens (including phenoxy) is 1. The first-order chi connectivity index (χ1) is 15.0. The summed E-state index contributed by atoms with van der Waals surface area (Å²) in [5, 5.41) is 10.6. The van der Waals surface area contributed by atoms with Crippen molar-refractivity contribution in [2.75, 3.05) is 19.7 Å². The highest BCUT2D eigenvalue weighted by atomic mass is 16.5. The van der Waals surface area contributed by atoms with E-state index >= 15 is 0 Å². The Kier molecular flexibility index (Phi) is 8.95. The molecular formula is C26H37N2O3+. The third-order valence-electron chi connectivity index (χ3n) is 5.69. The number of nitrogens with one attached hydrogen (secondary N) is 1. The summed E-state index contributed by atoms with van der Waals surface area (Å²) >= 11 is 0. The van der Waals surface area contributed by atoms with Crippen LogP contribution >= 0.6 is 0 Å². The van der Waals surface area contributed by atoms with Gasteiger partial charge in [0.2, 0.25) is 0 Å². The van der Waals surface area contributed by atoms with Crippen LogP contribution in [0.15, 0.2) is 65.4 Å². The highest BCUT2D eigenvalue weighted by Gasteiger charge is 2.18. The average molecular weight is 426 g/mol. The lowest BCUT2D eigenvalue weighted by atomic mass is 10.1. The molecule has 1 unspecified atom stereocenters. The van der Waals surface area contributed by atoms with Gasteiger partial charge in [-0.1, -0.05) is 38.1 Å². The molecule has 3 aromatic rings. The second-order valence-electron chi connectivity index (χ2n) is 8.87. The molecule has 5 nitrogen and oxygen atoms in total. The predicted molar refractivity (Wildman–Crippen MR) is 123 cm³/mol. The molecule has 168 valence electrons. The first kappa shape index (κ1) is 23.3. The third kappa shape index (κ3) is 7.69. The fraction of sp³-hybridized carbons (Fsp3) is 0.462. The maximum Gasteiger partial charge on any atom is 0.129 e. The minimum absolute atomic E-state index is 0.316. The van der Waals surface area contributed by atoms with Gasteiger partial charge in [-0.15, -0.1) is 0 Å². The average Bonchev–Trinajstić information content (AvgIpc) is 3.40. The minimum Gasteiger partial charge on any atom is -0.467 e. The van der Waals surface area contributed by atoms with Gasteiger partial charge >= 0.3 is 0 Å². The molecule has 0 saturated carbocycles. The lowest BCUT2D eigenvalue weighted by Crippen LogP contribution is -3.12. The molecule has 0 bridgehead atoms. The Labute approximate surface area is 186 Å². The van der Waals surface area contributed by atoms with Crippen molar-refractivity contribution in [1.29, 1.82) is 0 Å². The van der Waals surface area contributed by atoms with Gasteiger partial charge in [0.25, 0.3) is 0 Å². The zero-order valence-corrected chi connectivity index (χ0v) is 19.1. The van der Waals surface area contributed by atoms with Gasteiger partial charge < -0.3 is 23.7 Å². The molecule has 31 heavy (non-hydrogen) atoms. The van der Waals surface area contributed by atoms with Crippen LogP contribution in [0.3, 0.4) is 0 Å². The minimum atomic E-state index is -0.503. The number of hydrogen-bond acceptors (Lipinski definition) is 3.